The number of amides is 1. The minimum atomic E-state index is -0.253. The van der Waals surface area contributed by atoms with E-state index in [2.05, 4.69) is 22.4 Å². The molecule has 112 valence electrons. The minimum absolute atomic E-state index is 0.0764. The number of hydrogen-bond donors (Lipinski definition) is 3. The zero-order chi connectivity index (χ0) is 15.1. The molecule has 0 aliphatic rings. The van der Waals surface area contributed by atoms with E-state index in [4.69, 9.17) is 10.5 Å². The zero-order valence-electron chi connectivity index (χ0n) is 12.1. The van der Waals surface area contributed by atoms with Crippen LogP contribution in [0.15, 0.2) is 30.3 Å². The first-order valence-electron chi connectivity index (χ1n) is 6.97. The second-order valence-corrected chi connectivity index (χ2v) is 4.68. The number of rotatable bonds is 7. The first kappa shape index (κ1) is 15.1. The van der Waals surface area contributed by atoms with Gasteiger partial charge in [-0.15, -0.1) is 0 Å². The fourth-order valence-electron chi connectivity index (χ4n) is 1.96. The summed E-state index contributed by atoms with van der Waals surface area (Å²) < 4.78 is 5.49. The third kappa shape index (κ3) is 4.32. The SMILES string of the molecule is CCCc1cc(NC(=O)COc2ccccc2CN)n[nH]1. The van der Waals surface area contributed by atoms with Crippen LogP contribution in [0.3, 0.4) is 0 Å². The highest BCUT2D eigenvalue weighted by Gasteiger charge is 2.08. The standard InChI is InChI=1S/C15H20N4O2/c1-2-5-12-8-14(19-18-12)17-15(20)10-21-13-7-4-3-6-11(13)9-16/h3-4,6-8H,2,5,9-10,16H2,1H3,(H2,17,18,19,20). The maximum absolute atomic E-state index is 11.8. The van der Waals surface area contributed by atoms with Gasteiger partial charge >= 0.3 is 0 Å². The summed E-state index contributed by atoms with van der Waals surface area (Å²) in [5.41, 5.74) is 7.49. The molecule has 0 fully saturated rings. The van der Waals surface area contributed by atoms with E-state index in [0.29, 0.717) is 18.1 Å². The molecule has 0 atom stereocenters. The van der Waals surface area contributed by atoms with Gasteiger partial charge in [-0.25, -0.2) is 0 Å². The highest BCUT2D eigenvalue weighted by molar-refractivity contribution is 5.90. The van der Waals surface area contributed by atoms with E-state index in [9.17, 15) is 4.79 Å². The second-order valence-electron chi connectivity index (χ2n) is 4.68. The van der Waals surface area contributed by atoms with Gasteiger partial charge < -0.3 is 15.8 Å². The number of nitrogens with one attached hydrogen (secondary N) is 2. The summed E-state index contributed by atoms with van der Waals surface area (Å²) >= 11 is 0. The fraction of sp³-hybridized carbons (Fsp3) is 0.333. The molecule has 0 spiro atoms. The van der Waals surface area contributed by atoms with Crippen molar-refractivity contribution in [3.8, 4) is 5.75 Å². The van der Waals surface area contributed by atoms with Gasteiger partial charge in [0, 0.05) is 23.9 Å². The van der Waals surface area contributed by atoms with Crippen LogP contribution in [0.25, 0.3) is 0 Å². The highest BCUT2D eigenvalue weighted by Crippen LogP contribution is 2.17. The van der Waals surface area contributed by atoms with E-state index in [-0.39, 0.29) is 12.5 Å². The molecular weight excluding hydrogens is 268 g/mol. The molecule has 0 aliphatic heterocycles. The van der Waals surface area contributed by atoms with Gasteiger partial charge in [-0.3, -0.25) is 9.89 Å². The van der Waals surface area contributed by atoms with E-state index >= 15 is 0 Å². The molecule has 0 saturated carbocycles. The van der Waals surface area contributed by atoms with Crippen molar-refractivity contribution in [1.29, 1.82) is 0 Å². The van der Waals surface area contributed by atoms with Crippen molar-refractivity contribution in [3.63, 3.8) is 0 Å². The number of anilines is 1. The lowest BCUT2D eigenvalue weighted by molar-refractivity contribution is -0.118. The Balaban J connectivity index is 1.86. The first-order chi connectivity index (χ1) is 10.2. The summed E-state index contributed by atoms with van der Waals surface area (Å²) in [6.07, 6.45) is 1.93. The van der Waals surface area contributed by atoms with Gasteiger partial charge in [-0.2, -0.15) is 5.10 Å². The fourth-order valence-corrected chi connectivity index (χ4v) is 1.96. The maximum Gasteiger partial charge on any atom is 0.263 e. The average molecular weight is 288 g/mol. The number of aromatic nitrogens is 2. The molecule has 1 aromatic heterocycles. The van der Waals surface area contributed by atoms with Crippen LogP contribution in [0.2, 0.25) is 0 Å². The van der Waals surface area contributed by atoms with Crippen LogP contribution in [0, 0.1) is 0 Å². The Morgan fingerprint density at radius 3 is 3.00 bits per heavy atom. The molecule has 21 heavy (non-hydrogen) atoms. The molecule has 0 saturated heterocycles. The molecule has 0 aliphatic carbocycles. The Bertz CT molecular complexity index is 595. The van der Waals surface area contributed by atoms with E-state index in [1.807, 2.05) is 24.3 Å². The third-order valence-electron chi connectivity index (χ3n) is 2.97. The number of aryl methyl sites for hydroxylation is 1. The first-order valence-corrected chi connectivity index (χ1v) is 6.97. The number of aromatic amines is 1. The highest BCUT2D eigenvalue weighted by atomic mass is 16.5. The van der Waals surface area contributed by atoms with E-state index in [1.165, 1.54) is 0 Å². The summed E-state index contributed by atoms with van der Waals surface area (Å²) in [5.74, 6) is 0.888. The normalized spacial score (nSPS) is 10.4. The Morgan fingerprint density at radius 2 is 2.24 bits per heavy atom. The maximum atomic E-state index is 11.8. The number of para-hydroxylation sites is 1. The summed E-state index contributed by atoms with van der Waals surface area (Å²) in [5, 5.41) is 9.60. The van der Waals surface area contributed by atoms with Gasteiger partial charge in [-0.1, -0.05) is 31.5 Å². The molecule has 1 heterocycles. The molecule has 2 rings (SSSR count). The molecule has 4 N–H and O–H groups in total. The number of benzene rings is 1. The van der Waals surface area contributed by atoms with Gasteiger partial charge in [0.25, 0.3) is 5.91 Å². The predicted octanol–water partition coefficient (Wildman–Crippen LogP) is 1.84. The van der Waals surface area contributed by atoms with Gasteiger partial charge in [0.1, 0.15) is 5.75 Å². The Morgan fingerprint density at radius 1 is 1.43 bits per heavy atom. The molecule has 0 radical (unpaired) electrons. The van der Waals surface area contributed by atoms with Gasteiger partial charge in [0.05, 0.1) is 0 Å². The number of carbonyl (C=O) groups is 1. The molecule has 0 unspecified atom stereocenters. The zero-order valence-corrected chi connectivity index (χ0v) is 12.1. The van der Waals surface area contributed by atoms with Crippen molar-refractivity contribution in [3.05, 3.63) is 41.6 Å². The monoisotopic (exact) mass is 288 g/mol. The summed E-state index contributed by atoms with van der Waals surface area (Å²) in [4.78, 5) is 11.8. The van der Waals surface area contributed by atoms with Crippen LogP contribution in [0.4, 0.5) is 5.82 Å². The van der Waals surface area contributed by atoms with Crippen LogP contribution in [0.5, 0.6) is 5.75 Å². The lowest BCUT2D eigenvalue weighted by atomic mass is 10.2. The smallest absolute Gasteiger partial charge is 0.263 e. The van der Waals surface area contributed by atoms with Crippen molar-refractivity contribution < 1.29 is 9.53 Å². The van der Waals surface area contributed by atoms with Crippen LogP contribution in [0.1, 0.15) is 24.6 Å². The van der Waals surface area contributed by atoms with Crippen LogP contribution in [-0.4, -0.2) is 22.7 Å². The van der Waals surface area contributed by atoms with Gasteiger partial charge in [-0.05, 0) is 12.5 Å². The largest absolute Gasteiger partial charge is 0.483 e. The molecule has 6 heteroatoms. The van der Waals surface area contributed by atoms with Crippen molar-refractivity contribution in [2.75, 3.05) is 11.9 Å². The quantitative estimate of drug-likeness (QED) is 0.724. The van der Waals surface area contributed by atoms with Crippen molar-refractivity contribution >= 4 is 11.7 Å². The minimum Gasteiger partial charge on any atom is -0.483 e. The Kier molecular flexibility index (Phi) is 5.34. The topological polar surface area (TPSA) is 93.0 Å². The second kappa shape index (κ2) is 7.44. The van der Waals surface area contributed by atoms with Crippen molar-refractivity contribution in [2.45, 2.75) is 26.3 Å². The van der Waals surface area contributed by atoms with Crippen molar-refractivity contribution in [1.82, 2.24) is 10.2 Å². The van der Waals surface area contributed by atoms with E-state index < -0.39 is 0 Å². The summed E-state index contributed by atoms with van der Waals surface area (Å²) in [7, 11) is 0. The molecule has 1 aromatic carbocycles. The summed E-state index contributed by atoms with van der Waals surface area (Å²) in [6, 6.07) is 9.22. The Hall–Kier alpha value is -2.34. The molecule has 6 nitrogen and oxygen atoms in total. The third-order valence-corrected chi connectivity index (χ3v) is 2.97. The van der Waals surface area contributed by atoms with Gasteiger partial charge in [0.15, 0.2) is 12.4 Å². The van der Waals surface area contributed by atoms with Crippen LogP contribution >= 0.6 is 0 Å². The van der Waals surface area contributed by atoms with E-state index in [1.54, 1.807) is 6.07 Å². The number of hydrogen-bond acceptors (Lipinski definition) is 4. The number of nitrogens with zero attached hydrogens (tertiary/aromatic N) is 1. The molecule has 0 bridgehead atoms. The van der Waals surface area contributed by atoms with Gasteiger partial charge in [0.2, 0.25) is 0 Å². The number of ether oxygens (including phenoxy) is 1. The van der Waals surface area contributed by atoms with E-state index in [0.717, 1.165) is 24.1 Å². The lowest BCUT2D eigenvalue weighted by Gasteiger charge is -2.09. The predicted molar refractivity (Wildman–Crippen MR) is 81.0 cm³/mol. The molecular formula is C15H20N4O2. The van der Waals surface area contributed by atoms with Crippen LogP contribution < -0.4 is 15.8 Å². The average Bonchev–Trinajstić information content (AvgIpc) is 2.93. The Labute approximate surface area is 123 Å². The van der Waals surface area contributed by atoms with Crippen molar-refractivity contribution in [2.24, 2.45) is 5.73 Å². The summed E-state index contributed by atoms with van der Waals surface area (Å²) in [6.45, 7) is 2.38. The number of H-pyrrole nitrogens is 1. The lowest BCUT2D eigenvalue weighted by Crippen LogP contribution is -2.20. The molecule has 2 aromatic rings. The van der Waals surface area contributed by atoms with Crippen LogP contribution in [-0.2, 0) is 17.8 Å². The number of nitrogens with two attached hydrogens (primary N) is 1. The molecule has 1 amide bonds. The number of carbonyl (C=O) groups excluding carboxylic acids is 1.